The summed E-state index contributed by atoms with van der Waals surface area (Å²) in [6.07, 6.45) is 5.71. The molecule has 1 saturated carbocycles. The van der Waals surface area contributed by atoms with E-state index in [9.17, 15) is 19.5 Å². The first-order chi connectivity index (χ1) is 17.3. The predicted molar refractivity (Wildman–Crippen MR) is 135 cm³/mol. The van der Waals surface area contributed by atoms with E-state index in [2.05, 4.69) is 26.6 Å². The van der Waals surface area contributed by atoms with Crippen molar-refractivity contribution < 1.29 is 19.5 Å². The number of hydrogen-bond donors (Lipinski definition) is 3. The van der Waals surface area contributed by atoms with Gasteiger partial charge in [0.2, 0.25) is 17.7 Å². The van der Waals surface area contributed by atoms with Gasteiger partial charge in [-0.15, -0.1) is 0 Å². The fourth-order valence-corrected chi connectivity index (χ4v) is 6.02. The van der Waals surface area contributed by atoms with E-state index in [4.69, 9.17) is 0 Å². The maximum atomic E-state index is 13.4. The van der Waals surface area contributed by atoms with Crippen LogP contribution in [0.15, 0.2) is 36.5 Å². The standard InChI is InChI=1S/C27H31N5O4/c1-28-18-3-6-22(29-16-18)31-12-10-26(36,11-13-31)15-17-2-4-20-19(14-17)27(8-9-27)25(35)32(20)21-5-7-23(33)30-24(21)34/h2-4,6,14,16,21,28,36H,5,7-13,15H2,1H3,(H,30,33,34). The molecule has 0 bridgehead atoms. The molecule has 3 amide bonds. The van der Waals surface area contributed by atoms with Gasteiger partial charge in [0.1, 0.15) is 11.9 Å². The zero-order chi connectivity index (χ0) is 25.1. The van der Waals surface area contributed by atoms with Crippen molar-refractivity contribution in [2.75, 3.05) is 35.3 Å². The van der Waals surface area contributed by atoms with Crippen LogP contribution in [-0.4, -0.2) is 59.6 Å². The lowest BCUT2D eigenvalue weighted by atomic mass is 9.84. The van der Waals surface area contributed by atoms with Crippen LogP contribution in [0.25, 0.3) is 0 Å². The number of carbonyl (C=O) groups excluding carboxylic acids is 3. The molecule has 1 spiro atoms. The minimum atomic E-state index is -0.821. The van der Waals surface area contributed by atoms with Crippen LogP contribution in [0, 0.1) is 0 Å². The number of anilines is 3. The Hall–Kier alpha value is -3.46. The second kappa shape index (κ2) is 8.30. The number of pyridine rings is 1. The van der Waals surface area contributed by atoms with Crippen molar-refractivity contribution in [2.24, 2.45) is 0 Å². The second-order valence-corrected chi connectivity index (χ2v) is 10.6. The lowest BCUT2D eigenvalue weighted by Crippen LogP contribution is -2.54. The number of nitrogens with one attached hydrogen (secondary N) is 2. The van der Waals surface area contributed by atoms with E-state index in [0.29, 0.717) is 25.7 Å². The molecule has 4 heterocycles. The largest absolute Gasteiger partial charge is 0.389 e. The van der Waals surface area contributed by atoms with E-state index in [1.807, 2.05) is 37.5 Å². The monoisotopic (exact) mass is 489 g/mol. The van der Waals surface area contributed by atoms with Crippen molar-refractivity contribution in [2.45, 2.75) is 62.0 Å². The molecule has 6 rings (SSSR count). The first kappa shape index (κ1) is 23.0. The molecule has 1 aromatic carbocycles. The Balaban J connectivity index is 1.18. The molecule has 9 nitrogen and oxygen atoms in total. The maximum Gasteiger partial charge on any atom is 0.249 e. The minimum absolute atomic E-state index is 0.0343. The third kappa shape index (κ3) is 3.73. The maximum absolute atomic E-state index is 13.4. The Morgan fingerprint density at radius 3 is 2.53 bits per heavy atom. The summed E-state index contributed by atoms with van der Waals surface area (Å²) in [4.78, 5) is 46.0. The molecule has 188 valence electrons. The number of nitrogens with zero attached hydrogens (tertiary/aromatic N) is 3. The van der Waals surface area contributed by atoms with Gasteiger partial charge in [0.15, 0.2) is 0 Å². The molecular weight excluding hydrogens is 458 g/mol. The number of aromatic nitrogens is 1. The molecule has 3 aliphatic heterocycles. The molecular formula is C27H31N5O4. The SMILES string of the molecule is CNc1ccc(N2CCC(O)(Cc3ccc4c(c3)C3(CC3)C(=O)N4C3CCC(=O)NC3=O)CC2)nc1. The molecule has 1 aromatic heterocycles. The van der Waals surface area contributed by atoms with Gasteiger partial charge < -0.3 is 15.3 Å². The normalized spacial score (nSPS) is 24.1. The molecule has 36 heavy (non-hydrogen) atoms. The molecule has 0 radical (unpaired) electrons. The number of hydrogen-bond acceptors (Lipinski definition) is 7. The van der Waals surface area contributed by atoms with Gasteiger partial charge in [-0.3, -0.25) is 24.6 Å². The summed E-state index contributed by atoms with van der Waals surface area (Å²) in [5.74, 6) is 0.192. The number of fused-ring (bicyclic) bond motifs is 2. The van der Waals surface area contributed by atoms with Crippen LogP contribution < -0.4 is 20.4 Å². The van der Waals surface area contributed by atoms with E-state index in [1.54, 1.807) is 4.90 Å². The third-order valence-corrected chi connectivity index (χ3v) is 8.32. The van der Waals surface area contributed by atoms with Gasteiger partial charge in [-0.1, -0.05) is 12.1 Å². The second-order valence-electron chi connectivity index (χ2n) is 10.6. The van der Waals surface area contributed by atoms with Gasteiger partial charge in [0.25, 0.3) is 0 Å². The summed E-state index contributed by atoms with van der Waals surface area (Å²) in [6.45, 7) is 1.44. The van der Waals surface area contributed by atoms with Crippen molar-refractivity contribution in [3.8, 4) is 0 Å². The first-order valence-electron chi connectivity index (χ1n) is 12.7. The first-order valence-corrected chi connectivity index (χ1v) is 12.7. The molecule has 1 atom stereocenters. The van der Waals surface area contributed by atoms with Crippen LogP contribution in [0.1, 0.15) is 49.7 Å². The van der Waals surface area contributed by atoms with Gasteiger partial charge in [-0.2, -0.15) is 0 Å². The fourth-order valence-electron chi connectivity index (χ4n) is 6.02. The highest BCUT2D eigenvalue weighted by Gasteiger charge is 2.61. The predicted octanol–water partition coefficient (Wildman–Crippen LogP) is 1.88. The molecule has 4 aliphatic rings. The summed E-state index contributed by atoms with van der Waals surface area (Å²) in [5.41, 5.74) is 2.33. The lowest BCUT2D eigenvalue weighted by molar-refractivity contribution is -0.135. The average Bonchev–Trinajstić information content (AvgIpc) is 3.64. The molecule has 3 N–H and O–H groups in total. The highest BCUT2D eigenvalue weighted by atomic mass is 16.3. The third-order valence-electron chi connectivity index (χ3n) is 8.32. The summed E-state index contributed by atoms with van der Waals surface area (Å²) < 4.78 is 0. The van der Waals surface area contributed by atoms with Crippen molar-refractivity contribution in [1.82, 2.24) is 10.3 Å². The molecule has 3 fully saturated rings. The Labute approximate surface area is 209 Å². The van der Waals surface area contributed by atoms with Gasteiger partial charge in [-0.25, -0.2) is 4.98 Å². The molecule has 1 unspecified atom stereocenters. The fraction of sp³-hybridized carbons (Fsp3) is 0.481. The number of aliphatic hydroxyl groups is 1. The summed E-state index contributed by atoms with van der Waals surface area (Å²) in [7, 11) is 1.87. The highest BCUT2D eigenvalue weighted by molar-refractivity contribution is 6.15. The van der Waals surface area contributed by atoms with Gasteiger partial charge >= 0.3 is 0 Å². The number of benzene rings is 1. The van der Waals surface area contributed by atoms with Crippen molar-refractivity contribution in [3.63, 3.8) is 0 Å². The number of amides is 3. The average molecular weight is 490 g/mol. The topological polar surface area (TPSA) is 115 Å². The van der Waals surface area contributed by atoms with Crippen LogP contribution in [0.3, 0.4) is 0 Å². The zero-order valence-corrected chi connectivity index (χ0v) is 20.4. The van der Waals surface area contributed by atoms with Gasteiger partial charge in [-0.05, 0) is 61.4 Å². The smallest absolute Gasteiger partial charge is 0.249 e. The lowest BCUT2D eigenvalue weighted by Gasteiger charge is -2.39. The molecule has 2 saturated heterocycles. The summed E-state index contributed by atoms with van der Waals surface area (Å²) >= 11 is 0. The van der Waals surface area contributed by atoms with Crippen molar-refractivity contribution in [1.29, 1.82) is 0 Å². The van der Waals surface area contributed by atoms with Crippen LogP contribution in [0.2, 0.25) is 0 Å². The molecule has 1 aliphatic carbocycles. The van der Waals surface area contributed by atoms with E-state index >= 15 is 0 Å². The zero-order valence-electron chi connectivity index (χ0n) is 20.4. The quantitative estimate of drug-likeness (QED) is 0.550. The summed E-state index contributed by atoms with van der Waals surface area (Å²) in [6, 6.07) is 9.30. The number of carbonyl (C=O) groups is 3. The van der Waals surface area contributed by atoms with Crippen LogP contribution in [0.4, 0.5) is 17.2 Å². The van der Waals surface area contributed by atoms with E-state index in [1.165, 1.54) is 0 Å². The number of imide groups is 1. The van der Waals surface area contributed by atoms with Gasteiger partial charge in [0, 0.05) is 38.7 Å². The van der Waals surface area contributed by atoms with Crippen molar-refractivity contribution in [3.05, 3.63) is 47.7 Å². The van der Waals surface area contributed by atoms with E-state index < -0.39 is 23.0 Å². The molecule has 2 aromatic rings. The number of piperidine rings is 2. The highest BCUT2D eigenvalue weighted by Crippen LogP contribution is 2.58. The van der Waals surface area contributed by atoms with Crippen molar-refractivity contribution >= 4 is 34.9 Å². The number of rotatable bonds is 5. The Bertz CT molecular complexity index is 1230. The molecule has 9 heteroatoms. The Morgan fingerprint density at radius 2 is 1.89 bits per heavy atom. The van der Waals surface area contributed by atoms with E-state index in [-0.39, 0.29) is 18.2 Å². The van der Waals surface area contributed by atoms with E-state index in [0.717, 1.165) is 54.3 Å². The summed E-state index contributed by atoms with van der Waals surface area (Å²) in [5, 5.41) is 16.9. The Kier molecular flexibility index (Phi) is 5.29. The van der Waals surface area contributed by atoms with Gasteiger partial charge in [0.05, 0.1) is 22.9 Å². The van der Waals surface area contributed by atoms with Crippen LogP contribution in [0.5, 0.6) is 0 Å². The minimum Gasteiger partial charge on any atom is -0.389 e. The Morgan fingerprint density at radius 1 is 1.11 bits per heavy atom. The van der Waals surface area contributed by atoms with Crippen LogP contribution >= 0.6 is 0 Å². The van der Waals surface area contributed by atoms with Crippen LogP contribution in [-0.2, 0) is 26.2 Å².